The molecule has 3 rings (SSSR count). The Balaban J connectivity index is 2.47. The second kappa shape index (κ2) is 5.55. The third-order valence-corrected chi connectivity index (χ3v) is 3.75. The monoisotopic (exact) mass is 335 g/mol. The molecular weight excluding hydrogens is 325 g/mol. The summed E-state index contributed by atoms with van der Waals surface area (Å²) < 4.78 is 1.41. The van der Waals surface area contributed by atoms with E-state index in [1.54, 1.807) is 13.1 Å². The summed E-state index contributed by atoms with van der Waals surface area (Å²) in [6.45, 7) is 1.87. The fourth-order valence-corrected chi connectivity index (χ4v) is 2.76. The van der Waals surface area contributed by atoms with E-state index in [0.29, 0.717) is 21.9 Å². The Morgan fingerprint density at radius 2 is 2.00 bits per heavy atom. The Hall–Kier alpha value is -2.18. The number of hydrogen-bond donors (Lipinski definition) is 1. The van der Waals surface area contributed by atoms with Gasteiger partial charge < -0.3 is 5.32 Å². The Bertz CT molecular complexity index is 918. The molecule has 6 nitrogen and oxygen atoms in total. The van der Waals surface area contributed by atoms with Gasteiger partial charge in [0, 0.05) is 13.2 Å². The normalized spacial score (nSPS) is 10.9. The molecule has 112 valence electrons. The van der Waals surface area contributed by atoms with Gasteiger partial charge in [0.1, 0.15) is 5.82 Å². The van der Waals surface area contributed by atoms with Crippen LogP contribution >= 0.6 is 23.2 Å². The van der Waals surface area contributed by atoms with Gasteiger partial charge >= 0.3 is 5.69 Å². The highest BCUT2D eigenvalue weighted by atomic mass is 35.5. The van der Waals surface area contributed by atoms with Crippen molar-refractivity contribution in [2.24, 2.45) is 0 Å². The van der Waals surface area contributed by atoms with Gasteiger partial charge in [-0.3, -0.25) is 0 Å². The molecule has 1 N–H and O–H groups in total. The lowest BCUT2D eigenvalue weighted by atomic mass is 10.2. The zero-order chi connectivity index (χ0) is 15.9. The van der Waals surface area contributed by atoms with Gasteiger partial charge in [-0.1, -0.05) is 23.7 Å². The van der Waals surface area contributed by atoms with Gasteiger partial charge in [0.05, 0.1) is 16.1 Å². The first-order chi connectivity index (χ1) is 10.5. The van der Waals surface area contributed by atoms with Gasteiger partial charge in [-0.2, -0.15) is 9.97 Å². The van der Waals surface area contributed by atoms with Crippen LogP contribution in [0, 0.1) is 6.92 Å². The maximum Gasteiger partial charge on any atom is 0.355 e. The Morgan fingerprint density at radius 3 is 2.68 bits per heavy atom. The van der Waals surface area contributed by atoms with Crippen molar-refractivity contribution >= 4 is 40.1 Å². The largest absolute Gasteiger partial charge is 0.373 e. The molecule has 3 aromatic rings. The Morgan fingerprint density at radius 1 is 1.23 bits per heavy atom. The lowest BCUT2D eigenvalue weighted by Gasteiger charge is -2.16. The fraction of sp³-hybridized carbons (Fsp3) is 0.143. The maximum absolute atomic E-state index is 12.5. The van der Waals surface area contributed by atoms with E-state index in [1.165, 1.54) is 10.8 Å². The van der Waals surface area contributed by atoms with Gasteiger partial charge in [-0.25, -0.2) is 14.3 Å². The number of nitrogens with one attached hydrogen (secondary N) is 1. The molecule has 0 bridgehead atoms. The molecule has 1 aromatic carbocycles. The average Bonchev–Trinajstić information content (AvgIpc) is 2.47. The van der Waals surface area contributed by atoms with Crippen molar-refractivity contribution in [1.82, 2.24) is 19.5 Å². The number of benzene rings is 1. The van der Waals surface area contributed by atoms with Crippen LogP contribution in [-0.2, 0) is 0 Å². The number of anilines is 1. The summed E-state index contributed by atoms with van der Waals surface area (Å²) >= 11 is 12.0. The fourth-order valence-electron chi connectivity index (χ4n) is 2.32. The van der Waals surface area contributed by atoms with Crippen molar-refractivity contribution in [2.75, 3.05) is 12.4 Å². The average molecular weight is 336 g/mol. The molecule has 0 aliphatic carbocycles. The van der Waals surface area contributed by atoms with Crippen LogP contribution in [0.4, 0.5) is 5.82 Å². The second-order valence-electron chi connectivity index (χ2n) is 4.61. The summed E-state index contributed by atoms with van der Waals surface area (Å²) in [5, 5.41) is 4.06. The number of nitrogens with zero attached hydrogens (tertiary/aromatic N) is 4. The number of fused-ring (bicyclic) bond motifs is 1. The van der Waals surface area contributed by atoms with Crippen LogP contribution in [0.2, 0.25) is 10.3 Å². The summed E-state index contributed by atoms with van der Waals surface area (Å²) in [6.07, 6.45) is 1.52. The van der Waals surface area contributed by atoms with E-state index in [-0.39, 0.29) is 10.9 Å². The zero-order valence-electron chi connectivity index (χ0n) is 11.8. The van der Waals surface area contributed by atoms with Gasteiger partial charge in [0.2, 0.25) is 5.28 Å². The molecule has 22 heavy (non-hydrogen) atoms. The predicted octanol–water partition coefficient (Wildman–Crippen LogP) is 2.83. The lowest BCUT2D eigenvalue weighted by molar-refractivity contribution is 0.924. The molecule has 0 atom stereocenters. The molecule has 0 aliphatic heterocycles. The highest BCUT2D eigenvalue weighted by molar-refractivity contribution is 6.32. The first-order valence-corrected chi connectivity index (χ1v) is 7.17. The van der Waals surface area contributed by atoms with Crippen LogP contribution in [0.3, 0.4) is 0 Å². The minimum absolute atomic E-state index is 0.0353. The molecule has 0 aliphatic rings. The number of aromatic nitrogens is 4. The zero-order valence-corrected chi connectivity index (χ0v) is 13.3. The molecular formula is C14H11Cl2N5O. The van der Waals surface area contributed by atoms with Crippen LogP contribution in [0.1, 0.15) is 5.56 Å². The summed E-state index contributed by atoms with van der Waals surface area (Å²) in [4.78, 5) is 24.4. The number of hydrogen-bond acceptors (Lipinski definition) is 5. The summed E-state index contributed by atoms with van der Waals surface area (Å²) in [6, 6.07) is 5.41. The van der Waals surface area contributed by atoms with Crippen molar-refractivity contribution in [3.8, 4) is 5.69 Å². The summed E-state index contributed by atoms with van der Waals surface area (Å²) in [5.74, 6) is 0.503. The molecule has 0 amide bonds. The SMILES string of the molecule is CNc1c2cnc(Cl)nc2nc(=O)n1-c1c(C)cccc1Cl. The molecule has 0 saturated carbocycles. The first kappa shape index (κ1) is 14.7. The van der Waals surface area contributed by atoms with E-state index < -0.39 is 5.69 Å². The van der Waals surface area contributed by atoms with Crippen molar-refractivity contribution in [2.45, 2.75) is 6.92 Å². The van der Waals surface area contributed by atoms with E-state index >= 15 is 0 Å². The molecule has 0 unspecified atom stereocenters. The first-order valence-electron chi connectivity index (χ1n) is 6.41. The molecule has 0 fully saturated rings. The Kier molecular flexibility index (Phi) is 3.72. The van der Waals surface area contributed by atoms with Gasteiger partial charge in [0.15, 0.2) is 5.65 Å². The maximum atomic E-state index is 12.5. The molecule has 2 heterocycles. The topological polar surface area (TPSA) is 72.7 Å². The lowest BCUT2D eigenvalue weighted by Crippen LogP contribution is -2.25. The molecule has 0 saturated heterocycles. The number of rotatable bonds is 2. The third-order valence-electron chi connectivity index (χ3n) is 3.26. The van der Waals surface area contributed by atoms with Crippen LogP contribution < -0.4 is 11.0 Å². The quantitative estimate of drug-likeness (QED) is 0.729. The molecule has 2 aromatic heterocycles. The molecule has 8 heteroatoms. The van der Waals surface area contributed by atoms with Gasteiger partial charge in [-0.05, 0) is 30.2 Å². The van der Waals surface area contributed by atoms with Crippen LogP contribution in [0.5, 0.6) is 0 Å². The highest BCUT2D eigenvalue weighted by Gasteiger charge is 2.17. The second-order valence-corrected chi connectivity index (χ2v) is 5.36. The number of halogens is 2. The van der Waals surface area contributed by atoms with Crippen molar-refractivity contribution in [1.29, 1.82) is 0 Å². The van der Waals surface area contributed by atoms with Crippen molar-refractivity contribution in [3.05, 3.63) is 50.7 Å². The minimum Gasteiger partial charge on any atom is -0.373 e. The smallest absolute Gasteiger partial charge is 0.355 e. The highest BCUT2D eigenvalue weighted by Crippen LogP contribution is 2.28. The predicted molar refractivity (Wildman–Crippen MR) is 87.2 cm³/mol. The van der Waals surface area contributed by atoms with Crippen LogP contribution in [-0.4, -0.2) is 26.6 Å². The Labute approximate surface area is 135 Å². The number of para-hydroxylation sites is 1. The van der Waals surface area contributed by atoms with Crippen molar-refractivity contribution < 1.29 is 0 Å². The number of aryl methyl sites for hydroxylation is 1. The summed E-state index contributed by atoms with van der Waals surface area (Å²) in [7, 11) is 1.70. The molecule has 0 radical (unpaired) electrons. The van der Waals surface area contributed by atoms with Crippen LogP contribution in [0.15, 0.2) is 29.2 Å². The standard InChI is InChI=1S/C14H11Cl2N5O/c1-7-4-3-5-9(15)10(7)21-12(17-2)8-6-18-13(16)19-11(8)20-14(21)22/h3-6,17H,1-2H3. The van der Waals surface area contributed by atoms with E-state index in [9.17, 15) is 4.79 Å². The van der Waals surface area contributed by atoms with E-state index in [0.717, 1.165) is 5.56 Å². The van der Waals surface area contributed by atoms with E-state index in [4.69, 9.17) is 23.2 Å². The minimum atomic E-state index is -0.497. The van der Waals surface area contributed by atoms with E-state index in [2.05, 4.69) is 20.3 Å². The summed E-state index contributed by atoms with van der Waals surface area (Å²) in [5.41, 5.74) is 1.16. The van der Waals surface area contributed by atoms with E-state index in [1.807, 2.05) is 19.1 Å². The van der Waals surface area contributed by atoms with Gasteiger partial charge in [0.25, 0.3) is 0 Å². The molecule has 0 spiro atoms. The van der Waals surface area contributed by atoms with Crippen LogP contribution in [0.25, 0.3) is 16.7 Å². The third kappa shape index (κ3) is 2.30. The van der Waals surface area contributed by atoms with Crippen molar-refractivity contribution in [3.63, 3.8) is 0 Å². The van der Waals surface area contributed by atoms with Gasteiger partial charge in [-0.15, -0.1) is 0 Å².